The number of nitrogens with one attached hydrogen (secondary N) is 1. The fourth-order valence-electron chi connectivity index (χ4n) is 1.77. The molecule has 3 N–H and O–H groups in total. The molecule has 3 heteroatoms. The van der Waals surface area contributed by atoms with E-state index in [1.165, 1.54) is 12.8 Å². The lowest BCUT2D eigenvalue weighted by molar-refractivity contribution is 0.213. The Morgan fingerprint density at radius 1 is 1.67 bits per heavy atom. The molecule has 0 bridgehead atoms. The highest BCUT2D eigenvalue weighted by molar-refractivity contribution is 5.77. The standard InChI is InChI=1S/C9H19N3/c1-3-12(8-4-5-8)7(2)6-9(10)11/h7-8H,3-6H2,1-2H3,(H3,10,11). The van der Waals surface area contributed by atoms with E-state index in [2.05, 4.69) is 18.7 Å². The maximum atomic E-state index is 7.21. The summed E-state index contributed by atoms with van der Waals surface area (Å²) in [6, 6.07) is 1.23. The van der Waals surface area contributed by atoms with Crippen LogP contribution in [0.15, 0.2) is 0 Å². The second kappa shape index (κ2) is 3.90. The molecule has 1 atom stereocenters. The van der Waals surface area contributed by atoms with E-state index < -0.39 is 0 Å². The minimum atomic E-state index is 0.307. The summed E-state index contributed by atoms with van der Waals surface area (Å²) in [5.41, 5.74) is 5.36. The van der Waals surface area contributed by atoms with Gasteiger partial charge in [0.25, 0.3) is 0 Å². The van der Waals surface area contributed by atoms with Gasteiger partial charge in [-0.1, -0.05) is 6.92 Å². The summed E-state index contributed by atoms with van der Waals surface area (Å²) in [4.78, 5) is 2.45. The molecule has 1 aliphatic rings. The van der Waals surface area contributed by atoms with Crippen LogP contribution < -0.4 is 5.73 Å². The molecule has 1 fully saturated rings. The lowest BCUT2D eigenvalue weighted by Gasteiger charge is -2.27. The van der Waals surface area contributed by atoms with Crippen molar-refractivity contribution in [3.63, 3.8) is 0 Å². The van der Waals surface area contributed by atoms with Gasteiger partial charge in [-0.2, -0.15) is 0 Å². The van der Waals surface area contributed by atoms with Gasteiger partial charge in [0.05, 0.1) is 5.84 Å². The topological polar surface area (TPSA) is 53.1 Å². The average Bonchev–Trinajstić information content (AvgIpc) is 2.70. The third kappa shape index (κ3) is 2.48. The Bertz CT molecular complexity index is 163. The zero-order chi connectivity index (χ0) is 9.14. The van der Waals surface area contributed by atoms with E-state index in [9.17, 15) is 0 Å². The molecule has 0 aromatic rings. The van der Waals surface area contributed by atoms with Gasteiger partial charge >= 0.3 is 0 Å². The first-order valence-electron chi connectivity index (χ1n) is 4.73. The van der Waals surface area contributed by atoms with Gasteiger partial charge in [-0.3, -0.25) is 10.3 Å². The van der Waals surface area contributed by atoms with Crippen LogP contribution in [-0.2, 0) is 0 Å². The van der Waals surface area contributed by atoms with Crippen molar-refractivity contribution in [2.45, 2.75) is 45.2 Å². The summed E-state index contributed by atoms with van der Waals surface area (Å²) in [6.07, 6.45) is 3.37. The number of nitrogens with two attached hydrogens (primary N) is 1. The van der Waals surface area contributed by atoms with Crippen LogP contribution in [0.25, 0.3) is 0 Å². The minimum absolute atomic E-state index is 0.307. The predicted octanol–water partition coefficient (Wildman–Crippen LogP) is 1.19. The Morgan fingerprint density at radius 3 is 2.58 bits per heavy atom. The largest absolute Gasteiger partial charge is 0.388 e. The van der Waals surface area contributed by atoms with Crippen LogP contribution in [0.2, 0.25) is 0 Å². The molecule has 3 nitrogen and oxygen atoms in total. The van der Waals surface area contributed by atoms with E-state index in [0.717, 1.165) is 12.6 Å². The molecule has 0 aliphatic heterocycles. The van der Waals surface area contributed by atoms with Gasteiger partial charge in [0.1, 0.15) is 0 Å². The lowest BCUT2D eigenvalue weighted by Crippen LogP contribution is -2.37. The zero-order valence-corrected chi connectivity index (χ0v) is 8.01. The molecule has 1 saturated carbocycles. The van der Waals surface area contributed by atoms with E-state index in [1.807, 2.05) is 0 Å². The van der Waals surface area contributed by atoms with Crippen molar-refractivity contribution < 1.29 is 0 Å². The molecular weight excluding hydrogens is 150 g/mol. The molecule has 0 aromatic carbocycles. The monoisotopic (exact) mass is 169 g/mol. The van der Waals surface area contributed by atoms with Crippen LogP contribution in [0.3, 0.4) is 0 Å². The summed E-state index contributed by atoms with van der Waals surface area (Å²) in [6.45, 7) is 5.41. The third-order valence-corrected chi connectivity index (χ3v) is 2.46. The van der Waals surface area contributed by atoms with Crippen molar-refractivity contribution in [3.05, 3.63) is 0 Å². The Kier molecular flexibility index (Phi) is 3.09. The highest BCUT2D eigenvalue weighted by Crippen LogP contribution is 2.28. The lowest BCUT2D eigenvalue weighted by atomic mass is 10.2. The van der Waals surface area contributed by atoms with Crippen molar-refractivity contribution >= 4 is 5.84 Å². The van der Waals surface area contributed by atoms with Crippen molar-refractivity contribution in [1.82, 2.24) is 4.90 Å². The van der Waals surface area contributed by atoms with Crippen LogP contribution in [0.5, 0.6) is 0 Å². The van der Waals surface area contributed by atoms with Gasteiger partial charge in [-0.25, -0.2) is 0 Å². The second-order valence-electron chi connectivity index (χ2n) is 3.64. The summed E-state index contributed by atoms with van der Waals surface area (Å²) in [5.74, 6) is 0.307. The van der Waals surface area contributed by atoms with Gasteiger partial charge in [-0.15, -0.1) is 0 Å². The normalized spacial score (nSPS) is 19.6. The number of amidine groups is 1. The first-order valence-corrected chi connectivity index (χ1v) is 4.73. The van der Waals surface area contributed by atoms with Gasteiger partial charge in [0.15, 0.2) is 0 Å². The highest BCUT2D eigenvalue weighted by Gasteiger charge is 2.30. The Balaban J connectivity index is 2.35. The van der Waals surface area contributed by atoms with Crippen LogP contribution in [0.4, 0.5) is 0 Å². The number of nitrogens with zero attached hydrogens (tertiary/aromatic N) is 1. The zero-order valence-electron chi connectivity index (χ0n) is 8.01. The van der Waals surface area contributed by atoms with Gasteiger partial charge in [0.2, 0.25) is 0 Å². The van der Waals surface area contributed by atoms with Crippen LogP contribution in [0, 0.1) is 5.41 Å². The average molecular weight is 169 g/mol. The molecule has 70 valence electrons. The van der Waals surface area contributed by atoms with Crippen LogP contribution in [0.1, 0.15) is 33.1 Å². The molecule has 12 heavy (non-hydrogen) atoms. The summed E-state index contributed by atoms with van der Waals surface area (Å²) in [7, 11) is 0. The summed E-state index contributed by atoms with van der Waals surface area (Å²) < 4.78 is 0. The van der Waals surface area contributed by atoms with E-state index in [-0.39, 0.29) is 0 Å². The SMILES string of the molecule is CCN(C(C)CC(=N)N)C1CC1. The first kappa shape index (κ1) is 9.52. The van der Waals surface area contributed by atoms with E-state index in [1.54, 1.807) is 0 Å². The molecule has 1 unspecified atom stereocenters. The van der Waals surface area contributed by atoms with Gasteiger partial charge in [-0.05, 0) is 26.3 Å². The van der Waals surface area contributed by atoms with Crippen molar-refractivity contribution in [2.75, 3.05) is 6.54 Å². The molecule has 0 radical (unpaired) electrons. The van der Waals surface area contributed by atoms with E-state index >= 15 is 0 Å². The molecule has 0 saturated heterocycles. The van der Waals surface area contributed by atoms with E-state index in [4.69, 9.17) is 11.1 Å². The third-order valence-electron chi connectivity index (χ3n) is 2.46. The van der Waals surface area contributed by atoms with Crippen molar-refractivity contribution in [3.8, 4) is 0 Å². The molecular formula is C9H19N3. The fraction of sp³-hybridized carbons (Fsp3) is 0.889. The highest BCUT2D eigenvalue weighted by atomic mass is 15.2. The number of rotatable bonds is 5. The molecule has 1 rings (SSSR count). The molecule has 0 aromatic heterocycles. The number of hydrogen-bond acceptors (Lipinski definition) is 2. The first-order chi connectivity index (χ1) is 5.65. The van der Waals surface area contributed by atoms with Crippen LogP contribution in [-0.4, -0.2) is 29.4 Å². The van der Waals surface area contributed by atoms with Crippen molar-refractivity contribution in [1.29, 1.82) is 5.41 Å². The molecule has 0 heterocycles. The van der Waals surface area contributed by atoms with E-state index in [0.29, 0.717) is 18.3 Å². The predicted molar refractivity (Wildman–Crippen MR) is 51.4 cm³/mol. The molecule has 0 amide bonds. The van der Waals surface area contributed by atoms with Gasteiger partial charge in [0, 0.05) is 18.5 Å². The maximum absolute atomic E-state index is 7.21. The van der Waals surface area contributed by atoms with Crippen LogP contribution >= 0.6 is 0 Å². The number of hydrogen-bond donors (Lipinski definition) is 2. The molecule has 0 spiro atoms. The second-order valence-corrected chi connectivity index (χ2v) is 3.64. The smallest absolute Gasteiger partial charge is 0.0920 e. The maximum Gasteiger partial charge on any atom is 0.0920 e. The Morgan fingerprint density at radius 2 is 2.25 bits per heavy atom. The molecule has 1 aliphatic carbocycles. The quantitative estimate of drug-likeness (QED) is 0.479. The Hall–Kier alpha value is -0.570. The fourth-order valence-corrected chi connectivity index (χ4v) is 1.77. The summed E-state index contributed by atoms with van der Waals surface area (Å²) in [5, 5.41) is 7.21. The van der Waals surface area contributed by atoms with Crippen molar-refractivity contribution in [2.24, 2.45) is 5.73 Å². The van der Waals surface area contributed by atoms with Gasteiger partial charge < -0.3 is 5.73 Å². The summed E-state index contributed by atoms with van der Waals surface area (Å²) >= 11 is 0. The minimum Gasteiger partial charge on any atom is -0.388 e. The Labute approximate surface area is 74.4 Å².